The molecule has 6 rings (SSSR count). The first-order chi connectivity index (χ1) is 18.9. The molecule has 5 aromatic rings. The maximum absolute atomic E-state index is 4.89. The number of benzene rings is 4. The summed E-state index contributed by atoms with van der Waals surface area (Å²) < 4.78 is 0. The summed E-state index contributed by atoms with van der Waals surface area (Å²) in [6.45, 7) is 3.06. The van der Waals surface area contributed by atoms with Crippen molar-refractivity contribution >= 4 is 5.57 Å². The number of likely N-dealkylation sites (tertiary alicyclic amines) is 1. The summed E-state index contributed by atoms with van der Waals surface area (Å²) in [5.74, 6) is 0. The molecule has 0 spiro atoms. The number of hydrogen-bond donors (Lipinski definition) is 1. The van der Waals surface area contributed by atoms with Gasteiger partial charge in [0.05, 0.1) is 17.4 Å². The molecule has 0 radical (unpaired) electrons. The van der Waals surface area contributed by atoms with Crippen LogP contribution in [0.3, 0.4) is 0 Å². The second-order valence-corrected chi connectivity index (χ2v) is 10.0. The molecule has 1 fully saturated rings. The van der Waals surface area contributed by atoms with Crippen molar-refractivity contribution in [3.8, 4) is 0 Å². The van der Waals surface area contributed by atoms with E-state index in [-0.39, 0.29) is 0 Å². The van der Waals surface area contributed by atoms with E-state index in [1.807, 2.05) is 6.33 Å². The Kier molecular flexibility index (Phi) is 7.01. The van der Waals surface area contributed by atoms with Crippen molar-refractivity contribution in [1.82, 2.24) is 14.9 Å². The van der Waals surface area contributed by atoms with Gasteiger partial charge in [-0.15, -0.1) is 0 Å². The molecule has 0 saturated carbocycles. The average Bonchev–Trinajstić information content (AvgIpc) is 3.53. The molecule has 4 aromatic carbocycles. The SMILES string of the molecule is c1ccc(CN2CCC(=C(c3c[nH]cn3)C(c3ccccc3)(c3ccccc3)c3ccccc3)CC2)cc1. The highest BCUT2D eigenvalue weighted by Crippen LogP contribution is 2.51. The minimum absolute atomic E-state index is 0.490. The zero-order valence-electron chi connectivity index (χ0n) is 21.6. The first kappa shape index (κ1) is 24.1. The Balaban J connectivity index is 1.54. The molecule has 3 nitrogen and oxygen atoms in total. The number of imidazole rings is 1. The summed E-state index contributed by atoms with van der Waals surface area (Å²) in [5, 5.41) is 0. The Bertz CT molecular complexity index is 1350. The third kappa shape index (κ3) is 4.62. The lowest BCUT2D eigenvalue weighted by Gasteiger charge is -2.41. The van der Waals surface area contributed by atoms with E-state index in [1.54, 1.807) is 0 Å². The lowest BCUT2D eigenvalue weighted by molar-refractivity contribution is 0.248. The molecule has 188 valence electrons. The zero-order valence-corrected chi connectivity index (χ0v) is 21.6. The van der Waals surface area contributed by atoms with Gasteiger partial charge in [0.2, 0.25) is 0 Å². The van der Waals surface area contributed by atoms with Crippen molar-refractivity contribution in [3.63, 3.8) is 0 Å². The van der Waals surface area contributed by atoms with Gasteiger partial charge in [0.15, 0.2) is 0 Å². The van der Waals surface area contributed by atoms with E-state index in [4.69, 9.17) is 4.98 Å². The molecular formula is C35H33N3. The molecule has 1 aliphatic heterocycles. The Morgan fingerprint density at radius 3 is 1.58 bits per heavy atom. The van der Waals surface area contributed by atoms with Crippen molar-refractivity contribution in [3.05, 3.63) is 167 Å². The van der Waals surface area contributed by atoms with E-state index in [9.17, 15) is 0 Å². The molecule has 1 N–H and O–H groups in total. The first-order valence-electron chi connectivity index (χ1n) is 13.5. The number of piperidine rings is 1. The third-order valence-electron chi connectivity index (χ3n) is 7.81. The van der Waals surface area contributed by atoms with E-state index in [1.165, 1.54) is 33.4 Å². The topological polar surface area (TPSA) is 31.9 Å². The van der Waals surface area contributed by atoms with Gasteiger partial charge in [0.1, 0.15) is 0 Å². The summed E-state index contributed by atoms with van der Waals surface area (Å²) >= 11 is 0. The first-order valence-corrected chi connectivity index (χ1v) is 13.5. The fraction of sp³-hybridized carbons (Fsp3) is 0.171. The minimum Gasteiger partial charge on any atom is -0.351 e. The quantitative estimate of drug-likeness (QED) is 0.237. The van der Waals surface area contributed by atoms with Crippen LogP contribution in [0.4, 0.5) is 0 Å². The predicted molar refractivity (Wildman–Crippen MR) is 156 cm³/mol. The lowest BCUT2D eigenvalue weighted by atomic mass is 9.62. The van der Waals surface area contributed by atoms with Gasteiger partial charge in [0, 0.05) is 25.8 Å². The van der Waals surface area contributed by atoms with E-state index in [0.717, 1.165) is 38.2 Å². The standard InChI is InChI=1S/C35H33N3/c1-5-13-28(14-6-1)26-38-23-21-29(22-24-38)34(33-25-36-27-37-33)35(30-15-7-2-8-16-30,31-17-9-3-10-18-31)32-19-11-4-12-20-32/h1-20,25,27H,21-24,26H2,(H,36,37). The van der Waals surface area contributed by atoms with Crippen LogP contribution in [0.5, 0.6) is 0 Å². The Labute approximate surface area is 225 Å². The fourth-order valence-electron chi connectivity index (χ4n) is 6.11. The molecule has 38 heavy (non-hydrogen) atoms. The molecule has 1 aliphatic rings. The molecule has 2 heterocycles. The van der Waals surface area contributed by atoms with E-state index < -0.39 is 5.41 Å². The van der Waals surface area contributed by atoms with Crippen LogP contribution in [0.25, 0.3) is 5.57 Å². The average molecular weight is 496 g/mol. The summed E-state index contributed by atoms with van der Waals surface area (Å²) in [7, 11) is 0. The van der Waals surface area contributed by atoms with Crippen molar-refractivity contribution < 1.29 is 0 Å². The molecular weight excluding hydrogens is 462 g/mol. The molecule has 0 bridgehead atoms. The Morgan fingerprint density at radius 2 is 1.13 bits per heavy atom. The van der Waals surface area contributed by atoms with Gasteiger partial charge in [-0.05, 0) is 40.7 Å². The van der Waals surface area contributed by atoms with Gasteiger partial charge in [-0.25, -0.2) is 4.98 Å². The highest BCUT2D eigenvalue weighted by atomic mass is 15.1. The lowest BCUT2D eigenvalue weighted by Crippen LogP contribution is -2.35. The van der Waals surface area contributed by atoms with Gasteiger partial charge in [-0.2, -0.15) is 0 Å². The van der Waals surface area contributed by atoms with Gasteiger partial charge in [-0.3, -0.25) is 4.90 Å². The van der Waals surface area contributed by atoms with Crippen LogP contribution in [0, 0.1) is 0 Å². The van der Waals surface area contributed by atoms with Gasteiger partial charge in [0.25, 0.3) is 0 Å². The number of nitrogens with one attached hydrogen (secondary N) is 1. The monoisotopic (exact) mass is 495 g/mol. The van der Waals surface area contributed by atoms with Crippen molar-refractivity contribution in [2.75, 3.05) is 13.1 Å². The molecule has 1 saturated heterocycles. The van der Waals surface area contributed by atoms with Crippen LogP contribution in [0.1, 0.15) is 40.8 Å². The molecule has 3 heteroatoms. The highest BCUT2D eigenvalue weighted by molar-refractivity contribution is 5.84. The van der Waals surface area contributed by atoms with Crippen LogP contribution in [-0.4, -0.2) is 28.0 Å². The van der Waals surface area contributed by atoms with E-state index in [2.05, 4.69) is 137 Å². The second-order valence-electron chi connectivity index (χ2n) is 10.0. The van der Waals surface area contributed by atoms with Crippen molar-refractivity contribution in [1.29, 1.82) is 0 Å². The predicted octanol–water partition coefficient (Wildman–Crippen LogP) is 7.49. The largest absolute Gasteiger partial charge is 0.351 e. The van der Waals surface area contributed by atoms with Crippen LogP contribution >= 0.6 is 0 Å². The number of hydrogen-bond acceptors (Lipinski definition) is 2. The number of aromatic nitrogens is 2. The highest BCUT2D eigenvalue weighted by Gasteiger charge is 2.43. The smallest absolute Gasteiger partial charge is 0.0927 e. The van der Waals surface area contributed by atoms with Gasteiger partial charge in [-0.1, -0.05) is 127 Å². The van der Waals surface area contributed by atoms with E-state index in [0.29, 0.717) is 0 Å². The Morgan fingerprint density at radius 1 is 0.658 bits per heavy atom. The van der Waals surface area contributed by atoms with Crippen LogP contribution < -0.4 is 0 Å². The minimum atomic E-state index is -0.490. The van der Waals surface area contributed by atoms with Gasteiger partial charge < -0.3 is 4.98 Å². The van der Waals surface area contributed by atoms with E-state index >= 15 is 0 Å². The number of allylic oxidation sites excluding steroid dienone is 1. The maximum Gasteiger partial charge on any atom is 0.0927 e. The summed E-state index contributed by atoms with van der Waals surface area (Å²) in [4.78, 5) is 10.7. The Hall–Kier alpha value is -4.21. The number of H-pyrrole nitrogens is 1. The zero-order chi connectivity index (χ0) is 25.6. The van der Waals surface area contributed by atoms with Crippen molar-refractivity contribution in [2.45, 2.75) is 24.8 Å². The number of rotatable bonds is 7. The second kappa shape index (κ2) is 11.0. The van der Waals surface area contributed by atoms with Crippen LogP contribution in [0.15, 0.2) is 139 Å². The summed E-state index contributed by atoms with van der Waals surface area (Å²) in [5.41, 5.74) is 8.47. The molecule has 0 aliphatic carbocycles. The fourth-order valence-corrected chi connectivity index (χ4v) is 6.11. The molecule has 0 unspecified atom stereocenters. The number of nitrogens with zero attached hydrogens (tertiary/aromatic N) is 2. The van der Waals surface area contributed by atoms with Crippen LogP contribution in [-0.2, 0) is 12.0 Å². The maximum atomic E-state index is 4.89. The number of aromatic amines is 1. The third-order valence-corrected chi connectivity index (χ3v) is 7.81. The normalized spacial score (nSPS) is 14.4. The summed E-state index contributed by atoms with van der Waals surface area (Å²) in [6.07, 6.45) is 5.92. The van der Waals surface area contributed by atoms with Crippen molar-refractivity contribution in [2.24, 2.45) is 0 Å². The molecule has 0 atom stereocenters. The molecule has 1 aromatic heterocycles. The van der Waals surface area contributed by atoms with Gasteiger partial charge >= 0.3 is 0 Å². The van der Waals surface area contributed by atoms with Crippen LogP contribution in [0.2, 0.25) is 0 Å². The summed E-state index contributed by atoms with van der Waals surface area (Å²) in [6, 6.07) is 43.7. The molecule has 0 amide bonds.